The predicted molar refractivity (Wildman–Crippen MR) is 97.3 cm³/mol. The van der Waals surface area contributed by atoms with Gasteiger partial charge in [0, 0.05) is 6.20 Å². The lowest BCUT2D eigenvalue weighted by molar-refractivity contribution is -0.0659. The first-order chi connectivity index (χ1) is 13.5. The maximum absolute atomic E-state index is 14.2. The smallest absolute Gasteiger partial charge is 0.289 e. The number of ether oxygens (including phenoxy) is 1. The van der Waals surface area contributed by atoms with Crippen molar-refractivity contribution >= 4 is 29.3 Å². The van der Waals surface area contributed by atoms with Crippen molar-refractivity contribution in [2.45, 2.75) is 18.8 Å². The maximum atomic E-state index is 14.2. The molecule has 1 atom stereocenters. The number of halogens is 4. The van der Waals surface area contributed by atoms with Gasteiger partial charge in [-0.05, 0) is 18.2 Å². The van der Waals surface area contributed by atoms with Crippen molar-refractivity contribution in [2.75, 3.05) is 11.9 Å². The van der Waals surface area contributed by atoms with Crippen molar-refractivity contribution in [1.29, 1.82) is 10.7 Å². The van der Waals surface area contributed by atoms with E-state index < -0.39 is 41.9 Å². The molecule has 0 aliphatic rings. The van der Waals surface area contributed by atoms with Gasteiger partial charge in [0.15, 0.2) is 6.61 Å². The van der Waals surface area contributed by atoms with Crippen LogP contribution in [0.25, 0.3) is 0 Å². The highest BCUT2D eigenvalue weighted by Gasteiger charge is 2.41. The van der Waals surface area contributed by atoms with Crippen molar-refractivity contribution in [3.05, 3.63) is 52.2 Å². The van der Waals surface area contributed by atoms with Crippen LogP contribution in [0.5, 0.6) is 0 Å². The number of rotatable bonds is 6. The normalized spacial score (nSPS) is 12.0. The quantitative estimate of drug-likeness (QED) is 0.479. The van der Waals surface area contributed by atoms with Gasteiger partial charge in [-0.1, -0.05) is 18.5 Å². The molecule has 0 fully saturated rings. The molecule has 4 N–H and O–H groups in total. The van der Waals surface area contributed by atoms with E-state index in [2.05, 4.69) is 20.0 Å². The Morgan fingerprint density at radius 1 is 1.52 bits per heavy atom. The molecule has 12 heteroatoms. The second-order valence-electron chi connectivity index (χ2n) is 5.82. The van der Waals surface area contributed by atoms with Crippen LogP contribution in [0.4, 0.5) is 19.0 Å². The highest BCUT2D eigenvalue weighted by molar-refractivity contribution is 6.34. The van der Waals surface area contributed by atoms with Crippen LogP contribution >= 0.6 is 11.6 Å². The van der Waals surface area contributed by atoms with E-state index >= 15 is 0 Å². The Hall–Kier alpha value is -3.39. The number of anilines is 1. The summed E-state index contributed by atoms with van der Waals surface area (Å²) in [6.45, 7) is -0.231. The summed E-state index contributed by atoms with van der Waals surface area (Å²) in [5.41, 5.74) is 4.17. The molecule has 0 bridgehead atoms. The maximum Gasteiger partial charge on any atom is 0.289 e. The first-order valence-corrected chi connectivity index (χ1v) is 8.31. The van der Waals surface area contributed by atoms with Gasteiger partial charge in [-0.25, -0.2) is 23.1 Å². The number of pyridine rings is 2. The monoisotopic (exact) mass is 426 g/mol. The third-order valence-corrected chi connectivity index (χ3v) is 4.05. The van der Waals surface area contributed by atoms with Gasteiger partial charge in [-0.3, -0.25) is 10.2 Å². The number of alkyl halides is 2. The van der Waals surface area contributed by atoms with Crippen molar-refractivity contribution in [3.8, 4) is 6.07 Å². The third kappa shape index (κ3) is 5.32. The van der Waals surface area contributed by atoms with E-state index in [1.165, 1.54) is 6.07 Å². The number of aromatic nitrogens is 2. The minimum atomic E-state index is -3.60. The number of amidine groups is 1. The number of nitrogens with two attached hydrogens (primary N) is 1. The topological polar surface area (TPSA) is 138 Å². The van der Waals surface area contributed by atoms with Crippen LogP contribution in [0.1, 0.15) is 34.6 Å². The highest BCUT2D eigenvalue weighted by atomic mass is 35.5. The number of nitrogens with zero attached hydrogens (tertiary/aromatic N) is 3. The molecule has 1 amide bonds. The largest absolute Gasteiger partial charge is 0.459 e. The van der Waals surface area contributed by atoms with Gasteiger partial charge in [0.2, 0.25) is 0 Å². The van der Waals surface area contributed by atoms with Gasteiger partial charge in [-0.2, -0.15) is 5.26 Å². The molecule has 0 aliphatic heterocycles. The van der Waals surface area contributed by atoms with E-state index in [-0.39, 0.29) is 22.1 Å². The average Bonchev–Trinajstić information content (AvgIpc) is 2.67. The van der Waals surface area contributed by atoms with Crippen LogP contribution in [-0.2, 0) is 4.74 Å². The Morgan fingerprint density at radius 3 is 2.79 bits per heavy atom. The lowest BCUT2D eigenvalue weighted by atomic mass is 9.99. The average molecular weight is 427 g/mol. The van der Waals surface area contributed by atoms with Crippen molar-refractivity contribution in [1.82, 2.24) is 9.97 Å². The second-order valence-corrected chi connectivity index (χ2v) is 6.23. The lowest BCUT2D eigenvalue weighted by Gasteiger charge is -2.23. The molecular formula is C17H14ClF3N6O2. The van der Waals surface area contributed by atoms with Crippen LogP contribution in [0, 0.1) is 22.6 Å². The van der Waals surface area contributed by atoms with E-state index in [1.807, 2.05) is 0 Å². The molecule has 0 saturated heterocycles. The van der Waals surface area contributed by atoms with Crippen LogP contribution in [0.3, 0.4) is 0 Å². The SMILES string of the molecule is C[C@@H](c1nc(NC(=O)c2ncc(C#N)cc2Cl)ccc1F)C(F)(F)COC(=N)N. The lowest BCUT2D eigenvalue weighted by Crippen LogP contribution is -2.34. The van der Waals surface area contributed by atoms with E-state index in [4.69, 9.17) is 28.0 Å². The number of hydrogen-bond donors (Lipinski definition) is 3. The molecule has 0 aromatic carbocycles. The van der Waals surface area contributed by atoms with Gasteiger partial charge in [0.1, 0.15) is 23.4 Å². The minimum absolute atomic E-state index is 0.106. The minimum Gasteiger partial charge on any atom is -0.459 e. The van der Waals surface area contributed by atoms with Gasteiger partial charge < -0.3 is 15.8 Å². The van der Waals surface area contributed by atoms with E-state index in [1.54, 1.807) is 6.07 Å². The van der Waals surface area contributed by atoms with Crippen LogP contribution in [0.15, 0.2) is 24.4 Å². The standard InChI is InChI=1S/C17H14ClF3N6O2/c1-8(17(20,21)7-29-16(23)24)13-11(19)2-3-12(26-13)27-15(28)14-10(18)4-9(5-22)6-25-14/h2-4,6,8H,7H2,1H3,(H3,23,24)(H,26,27,28)/t8-/m0/s1. The zero-order chi connectivity index (χ0) is 21.8. The zero-order valence-electron chi connectivity index (χ0n) is 14.8. The van der Waals surface area contributed by atoms with E-state index in [0.717, 1.165) is 25.3 Å². The van der Waals surface area contributed by atoms with E-state index in [0.29, 0.717) is 0 Å². The van der Waals surface area contributed by atoms with Crippen LogP contribution < -0.4 is 11.1 Å². The highest BCUT2D eigenvalue weighted by Crippen LogP contribution is 2.34. The number of nitrogens with one attached hydrogen (secondary N) is 2. The summed E-state index contributed by atoms with van der Waals surface area (Å²) in [7, 11) is 0. The van der Waals surface area contributed by atoms with Crippen LogP contribution in [0.2, 0.25) is 5.02 Å². The van der Waals surface area contributed by atoms with Crippen molar-refractivity contribution in [2.24, 2.45) is 5.73 Å². The third-order valence-electron chi connectivity index (χ3n) is 3.76. The summed E-state index contributed by atoms with van der Waals surface area (Å²) in [4.78, 5) is 19.8. The molecule has 2 aromatic heterocycles. The van der Waals surface area contributed by atoms with Gasteiger partial charge in [0.05, 0.1) is 22.2 Å². The molecular weight excluding hydrogens is 413 g/mol. The molecule has 0 aliphatic carbocycles. The Morgan fingerprint density at radius 2 is 2.21 bits per heavy atom. The second kappa shape index (κ2) is 8.74. The molecule has 29 heavy (non-hydrogen) atoms. The molecule has 2 rings (SSSR count). The molecule has 2 heterocycles. The summed E-state index contributed by atoms with van der Waals surface area (Å²) >= 11 is 5.90. The van der Waals surface area contributed by atoms with Gasteiger partial charge >= 0.3 is 0 Å². The number of amides is 1. The molecule has 0 radical (unpaired) electrons. The summed E-state index contributed by atoms with van der Waals surface area (Å²) in [5, 5.41) is 17.8. The Balaban J connectivity index is 2.25. The molecule has 2 aromatic rings. The van der Waals surface area contributed by atoms with Crippen molar-refractivity contribution in [3.63, 3.8) is 0 Å². The number of carbonyl (C=O) groups is 1. The summed E-state index contributed by atoms with van der Waals surface area (Å²) in [6, 6.07) is 4.07. The number of hydrogen-bond acceptors (Lipinski definition) is 6. The molecule has 0 spiro atoms. The van der Waals surface area contributed by atoms with E-state index in [9.17, 15) is 18.0 Å². The summed E-state index contributed by atoms with van der Waals surface area (Å²) in [5.74, 6) is -7.42. The molecule has 152 valence electrons. The summed E-state index contributed by atoms with van der Waals surface area (Å²) in [6.07, 6.45) is 1.13. The van der Waals surface area contributed by atoms with Gasteiger partial charge in [-0.15, -0.1) is 0 Å². The number of carbonyl (C=O) groups excluding carboxylic acids is 1. The van der Waals surface area contributed by atoms with Gasteiger partial charge in [0.25, 0.3) is 17.9 Å². The molecule has 8 nitrogen and oxygen atoms in total. The summed E-state index contributed by atoms with van der Waals surface area (Å²) < 4.78 is 46.8. The fourth-order valence-electron chi connectivity index (χ4n) is 2.17. The fraction of sp³-hybridized carbons (Fsp3) is 0.235. The van der Waals surface area contributed by atoms with Crippen LogP contribution in [-0.4, -0.2) is 34.4 Å². The molecule has 0 unspecified atom stereocenters. The molecule has 0 saturated carbocycles. The number of nitriles is 1. The Kier molecular flexibility index (Phi) is 6.60. The first kappa shape index (κ1) is 21.9. The Bertz CT molecular complexity index is 996. The predicted octanol–water partition coefficient (Wildman–Crippen LogP) is 3.04. The zero-order valence-corrected chi connectivity index (χ0v) is 15.6. The Labute approximate surface area is 168 Å². The fourth-order valence-corrected chi connectivity index (χ4v) is 2.42. The first-order valence-electron chi connectivity index (χ1n) is 7.93. The van der Waals surface area contributed by atoms with Crippen molar-refractivity contribution < 1.29 is 22.7 Å².